The SMILES string of the molecule is O=C(COc1ccc(OC(F)(F)F)cc1)NCc1nc(C(=O)NCCc2cccc(C(F)(F)F)c2)cs1. The number of alkyl halides is 6. The highest BCUT2D eigenvalue weighted by Crippen LogP contribution is 2.29. The largest absolute Gasteiger partial charge is 0.573 e. The minimum absolute atomic E-state index is 0.00271. The normalized spacial score (nSPS) is 11.6. The first kappa shape index (κ1) is 27.8. The molecule has 2 N–H and O–H groups in total. The lowest BCUT2D eigenvalue weighted by Crippen LogP contribution is -2.28. The summed E-state index contributed by atoms with van der Waals surface area (Å²) in [6, 6.07) is 9.35. The molecule has 2 aromatic carbocycles. The molecule has 0 aliphatic carbocycles. The molecule has 198 valence electrons. The number of benzene rings is 2. The van der Waals surface area contributed by atoms with Crippen LogP contribution in [0, 0.1) is 0 Å². The van der Waals surface area contributed by atoms with Crippen molar-refractivity contribution in [2.45, 2.75) is 25.5 Å². The Morgan fingerprint density at radius 2 is 1.65 bits per heavy atom. The van der Waals surface area contributed by atoms with Crippen LogP contribution in [0.3, 0.4) is 0 Å². The van der Waals surface area contributed by atoms with E-state index in [0.29, 0.717) is 10.6 Å². The number of ether oxygens (including phenoxy) is 2. The van der Waals surface area contributed by atoms with Gasteiger partial charge >= 0.3 is 12.5 Å². The van der Waals surface area contributed by atoms with E-state index in [9.17, 15) is 35.9 Å². The third-order valence-corrected chi connectivity index (χ3v) is 5.45. The van der Waals surface area contributed by atoms with Gasteiger partial charge in [0, 0.05) is 11.9 Å². The Balaban J connectivity index is 1.39. The highest BCUT2D eigenvalue weighted by molar-refractivity contribution is 7.09. The van der Waals surface area contributed by atoms with Crippen molar-refractivity contribution in [1.82, 2.24) is 15.6 Å². The zero-order valence-corrected chi connectivity index (χ0v) is 19.6. The van der Waals surface area contributed by atoms with Crippen LogP contribution in [-0.2, 0) is 23.9 Å². The van der Waals surface area contributed by atoms with E-state index in [0.717, 1.165) is 35.6 Å². The van der Waals surface area contributed by atoms with Gasteiger partial charge in [-0.25, -0.2) is 4.98 Å². The maximum atomic E-state index is 12.8. The van der Waals surface area contributed by atoms with Crippen molar-refractivity contribution in [2.24, 2.45) is 0 Å². The summed E-state index contributed by atoms with van der Waals surface area (Å²) in [5.74, 6) is -1.31. The highest BCUT2D eigenvalue weighted by atomic mass is 32.1. The lowest BCUT2D eigenvalue weighted by atomic mass is 10.1. The number of carbonyl (C=O) groups is 2. The van der Waals surface area contributed by atoms with Crippen molar-refractivity contribution < 1.29 is 45.4 Å². The van der Waals surface area contributed by atoms with Crippen LogP contribution >= 0.6 is 11.3 Å². The number of hydrogen-bond acceptors (Lipinski definition) is 6. The van der Waals surface area contributed by atoms with Crippen molar-refractivity contribution in [3.8, 4) is 11.5 Å². The minimum atomic E-state index is -4.81. The molecule has 0 saturated carbocycles. The van der Waals surface area contributed by atoms with Crippen LogP contribution in [0.4, 0.5) is 26.3 Å². The van der Waals surface area contributed by atoms with Gasteiger partial charge in [0.15, 0.2) is 6.61 Å². The molecule has 1 aromatic heterocycles. The molecule has 0 saturated heterocycles. The predicted octanol–water partition coefficient (Wildman–Crippen LogP) is 4.73. The summed E-state index contributed by atoms with van der Waals surface area (Å²) in [4.78, 5) is 28.3. The van der Waals surface area contributed by atoms with Gasteiger partial charge in [-0.3, -0.25) is 9.59 Å². The Morgan fingerprint density at radius 1 is 0.946 bits per heavy atom. The van der Waals surface area contributed by atoms with E-state index in [-0.39, 0.29) is 31.0 Å². The van der Waals surface area contributed by atoms with Crippen molar-refractivity contribution in [2.75, 3.05) is 13.2 Å². The second-order valence-corrected chi connectivity index (χ2v) is 8.36. The average molecular weight is 547 g/mol. The zero-order valence-electron chi connectivity index (χ0n) is 18.8. The number of thiazole rings is 1. The van der Waals surface area contributed by atoms with Crippen molar-refractivity contribution in [3.05, 3.63) is 75.7 Å². The summed E-state index contributed by atoms with van der Waals surface area (Å²) in [6.45, 7) is -0.305. The minimum Gasteiger partial charge on any atom is -0.484 e. The summed E-state index contributed by atoms with van der Waals surface area (Å²) < 4.78 is 83.8. The number of rotatable bonds is 10. The molecule has 0 bridgehead atoms. The maximum Gasteiger partial charge on any atom is 0.573 e. The number of carbonyl (C=O) groups excluding carboxylic acids is 2. The van der Waals surface area contributed by atoms with Crippen molar-refractivity contribution in [1.29, 1.82) is 0 Å². The molecule has 1 heterocycles. The monoisotopic (exact) mass is 547 g/mol. The molecule has 0 atom stereocenters. The van der Waals surface area contributed by atoms with Gasteiger partial charge in [0.05, 0.1) is 12.1 Å². The fourth-order valence-electron chi connectivity index (χ4n) is 2.92. The van der Waals surface area contributed by atoms with Gasteiger partial charge in [-0.2, -0.15) is 13.2 Å². The van der Waals surface area contributed by atoms with Crippen molar-refractivity contribution >= 4 is 23.2 Å². The van der Waals surface area contributed by atoms with Crippen LogP contribution in [0.25, 0.3) is 0 Å². The van der Waals surface area contributed by atoms with Gasteiger partial charge in [0.25, 0.3) is 11.8 Å². The molecule has 3 rings (SSSR count). The molecule has 0 aliphatic heterocycles. The maximum absolute atomic E-state index is 12.8. The standard InChI is InChI=1S/C23H19F6N3O4S/c24-22(25,26)15-3-1-2-14(10-15)8-9-30-21(34)18-13-37-20(32-18)11-31-19(33)12-35-16-4-6-17(7-5-16)36-23(27,28)29/h1-7,10,13H,8-9,11-12H2,(H,30,34)(H,31,33). The van der Waals surface area contributed by atoms with Crippen LogP contribution in [0.5, 0.6) is 11.5 Å². The Hall–Kier alpha value is -3.81. The van der Waals surface area contributed by atoms with Crippen LogP contribution in [-0.4, -0.2) is 36.3 Å². The molecule has 2 amide bonds. The van der Waals surface area contributed by atoms with E-state index in [1.54, 1.807) is 0 Å². The number of hydrogen-bond donors (Lipinski definition) is 2. The third kappa shape index (κ3) is 9.29. The number of amides is 2. The van der Waals surface area contributed by atoms with Gasteiger partial charge < -0.3 is 20.1 Å². The van der Waals surface area contributed by atoms with Gasteiger partial charge in [-0.1, -0.05) is 18.2 Å². The average Bonchev–Trinajstić information content (AvgIpc) is 3.30. The van der Waals surface area contributed by atoms with E-state index < -0.39 is 42.3 Å². The van der Waals surface area contributed by atoms with Gasteiger partial charge in [0.2, 0.25) is 0 Å². The van der Waals surface area contributed by atoms with Gasteiger partial charge in [-0.05, 0) is 42.3 Å². The first-order valence-electron chi connectivity index (χ1n) is 10.5. The molecular weight excluding hydrogens is 528 g/mol. The van der Waals surface area contributed by atoms with Gasteiger partial charge in [-0.15, -0.1) is 24.5 Å². The van der Waals surface area contributed by atoms with Gasteiger partial charge in [0.1, 0.15) is 22.2 Å². The predicted molar refractivity (Wildman–Crippen MR) is 120 cm³/mol. The summed E-state index contributed by atoms with van der Waals surface area (Å²) in [7, 11) is 0. The molecule has 0 fully saturated rings. The Labute approximate surface area is 210 Å². The quantitative estimate of drug-likeness (QED) is 0.359. The molecule has 0 unspecified atom stereocenters. The topological polar surface area (TPSA) is 89.6 Å². The van der Waals surface area contributed by atoms with E-state index in [2.05, 4.69) is 20.4 Å². The lowest BCUT2D eigenvalue weighted by molar-refractivity contribution is -0.274. The van der Waals surface area contributed by atoms with E-state index in [4.69, 9.17) is 4.74 Å². The Morgan fingerprint density at radius 3 is 2.32 bits per heavy atom. The Bertz CT molecular complexity index is 1210. The molecule has 37 heavy (non-hydrogen) atoms. The van der Waals surface area contributed by atoms with Crippen LogP contribution in [0.2, 0.25) is 0 Å². The summed E-state index contributed by atoms with van der Waals surface area (Å²) in [5, 5.41) is 7.01. The van der Waals surface area contributed by atoms with Crippen LogP contribution < -0.4 is 20.1 Å². The van der Waals surface area contributed by atoms with E-state index in [1.807, 2.05) is 0 Å². The summed E-state index contributed by atoms with van der Waals surface area (Å²) in [5.41, 5.74) is -0.248. The zero-order chi connectivity index (χ0) is 27.1. The number of nitrogens with zero attached hydrogens (tertiary/aromatic N) is 1. The molecule has 7 nitrogen and oxygen atoms in total. The number of aromatic nitrogens is 1. The molecule has 14 heteroatoms. The summed E-state index contributed by atoms with van der Waals surface area (Å²) in [6.07, 6.45) is -9.07. The van der Waals surface area contributed by atoms with Crippen LogP contribution in [0.1, 0.15) is 26.6 Å². The summed E-state index contributed by atoms with van der Waals surface area (Å²) >= 11 is 1.12. The lowest BCUT2D eigenvalue weighted by Gasteiger charge is -2.10. The fourth-order valence-corrected chi connectivity index (χ4v) is 3.64. The second-order valence-electron chi connectivity index (χ2n) is 7.42. The molecule has 0 spiro atoms. The third-order valence-electron chi connectivity index (χ3n) is 4.60. The fraction of sp³-hybridized carbons (Fsp3) is 0.261. The second kappa shape index (κ2) is 12.0. The highest BCUT2D eigenvalue weighted by Gasteiger charge is 2.31. The number of halogens is 6. The van der Waals surface area contributed by atoms with E-state index in [1.165, 1.54) is 29.6 Å². The smallest absolute Gasteiger partial charge is 0.484 e. The Kier molecular flexibility index (Phi) is 8.97. The van der Waals surface area contributed by atoms with E-state index >= 15 is 0 Å². The van der Waals surface area contributed by atoms with Crippen molar-refractivity contribution in [3.63, 3.8) is 0 Å². The molecule has 0 aliphatic rings. The first-order valence-corrected chi connectivity index (χ1v) is 11.4. The molecule has 3 aromatic rings. The van der Waals surface area contributed by atoms with Crippen LogP contribution in [0.15, 0.2) is 53.9 Å². The molecule has 0 radical (unpaired) electrons. The first-order chi connectivity index (χ1) is 17.4. The number of nitrogens with one attached hydrogen (secondary N) is 2. The molecular formula is C23H19F6N3O4S.